The Balaban J connectivity index is 2.73. The van der Waals surface area contributed by atoms with Gasteiger partial charge in [0.25, 0.3) is 0 Å². The number of methoxy groups -OCH3 is 1. The van der Waals surface area contributed by atoms with Crippen molar-refractivity contribution in [2.75, 3.05) is 7.11 Å². The van der Waals surface area contributed by atoms with E-state index >= 15 is 0 Å². The lowest BCUT2D eigenvalue weighted by molar-refractivity contribution is 0.394. The van der Waals surface area contributed by atoms with Crippen LogP contribution >= 0.6 is 0 Å². The van der Waals surface area contributed by atoms with E-state index < -0.39 is 0 Å². The number of benzene rings is 1. The number of nitrogens with zero attached hydrogens (tertiary/aromatic N) is 1. The first-order chi connectivity index (χ1) is 8.17. The second-order valence-electron chi connectivity index (χ2n) is 4.43. The molecule has 0 aliphatic heterocycles. The van der Waals surface area contributed by atoms with Gasteiger partial charge in [0.2, 0.25) is 5.88 Å². The molecule has 1 aromatic heterocycles. The zero-order valence-corrected chi connectivity index (χ0v) is 10.5. The average Bonchev–Trinajstić information content (AvgIpc) is 2.35. The van der Waals surface area contributed by atoms with E-state index in [1.807, 2.05) is 0 Å². The predicted octanol–water partition coefficient (Wildman–Crippen LogP) is 2.83. The maximum atomic E-state index is 5.70. The Hall–Kier alpha value is -1.61. The Morgan fingerprint density at radius 1 is 1.35 bits per heavy atom. The number of fused-ring (bicyclic) bond motifs is 1. The van der Waals surface area contributed by atoms with Gasteiger partial charge in [-0.3, -0.25) is 0 Å². The van der Waals surface area contributed by atoms with E-state index in [1.165, 1.54) is 5.56 Å². The maximum absolute atomic E-state index is 5.70. The van der Waals surface area contributed by atoms with Crippen molar-refractivity contribution in [3.8, 4) is 5.88 Å². The molecule has 0 bridgehead atoms. The SMILES string of the molecule is COc1nc2c(C(C)C)cccc2cc1CN. The minimum absolute atomic E-state index is 0.442. The first-order valence-corrected chi connectivity index (χ1v) is 5.84. The zero-order chi connectivity index (χ0) is 12.4. The molecule has 0 unspecified atom stereocenters. The number of rotatable bonds is 3. The van der Waals surface area contributed by atoms with Crippen molar-refractivity contribution in [1.29, 1.82) is 0 Å². The fourth-order valence-corrected chi connectivity index (χ4v) is 2.04. The lowest BCUT2D eigenvalue weighted by atomic mass is 9.99. The maximum Gasteiger partial charge on any atom is 0.218 e. The molecule has 0 aliphatic rings. The van der Waals surface area contributed by atoms with Gasteiger partial charge < -0.3 is 10.5 Å². The molecule has 0 radical (unpaired) electrons. The summed E-state index contributed by atoms with van der Waals surface area (Å²) in [5.74, 6) is 1.08. The Bertz CT molecular complexity index is 535. The molecule has 0 saturated heterocycles. The molecular formula is C14H18N2O. The summed E-state index contributed by atoms with van der Waals surface area (Å²) in [6, 6.07) is 8.30. The minimum Gasteiger partial charge on any atom is -0.481 e. The smallest absolute Gasteiger partial charge is 0.218 e. The van der Waals surface area contributed by atoms with Gasteiger partial charge in [0.05, 0.1) is 12.6 Å². The molecule has 0 aliphatic carbocycles. The Labute approximate surface area is 102 Å². The fraction of sp³-hybridized carbons (Fsp3) is 0.357. The van der Waals surface area contributed by atoms with Gasteiger partial charge in [-0.05, 0) is 17.5 Å². The molecule has 0 atom stereocenters. The normalized spacial score (nSPS) is 11.1. The van der Waals surface area contributed by atoms with Gasteiger partial charge >= 0.3 is 0 Å². The second kappa shape index (κ2) is 4.72. The van der Waals surface area contributed by atoms with Crippen LogP contribution in [0.2, 0.25) is 0 Å². The topological polar surface area (TPSA) is 48.1 Å². The summed E-state index contributed by atoms with van der Waals surface area (Å²) < 4.78 is 5.29. The third kappa shape index (κ3) is 2.11. The summed E-state index contributed by atoms with van der Waals surface area (Å²) in [6.45, 7) is 4.78. The number of pyridine rings is 1. The largest absolute Gasteiger partial charge is 0.481 e. The van der Waals surface area contributed by atoms with E-state index in [-0.39, 0.29) is 0 Å². The zero-order valence-electron chi connectivity index (χ0n) is 10.5. The Morgan fingerprint density at radius 3 is 2.71 bits per heavy atom. The molecule has 3 nitrogen and oxygen atoms in total. The number of hydrogen-bond donors (Lipinski definition) is 1. The highest BCUT2D eigenvalue weighted by Crippen LogP contribution is 2.28. The molecule has 2 aromatic rings. The molecule has 0 amide bonds. The molecule has 0 saturated carbocycles. The van der Waals surface area contributed by atoms with E-state index in [1.54, 1.807) is 7.11 Å². The summed E-state index contributed by atoms with van der Waals surface area (Å²) in [5.41, 5.74) is 8.89. The predicted molar refractivity (Wildman–Crippen MR) is 70.3 cm³/mol. The highest BCUT2D eigenvalue weighted by molar-refractivity contribution is 5.83. The van der Waals surface area contributed by atoms with Crippen LogP contribution in [-0.4, -0.2) is 12.1 Å². The monoisotopic (exact) mass is 230 g/mol. The number of hydrogen-bond acceptors (Lipinski definition) is 3. The van der Waals surface area contributed by atoms with Crippen molar-refractivity contribution in [1.82, 2.24) is 4.98 Å². The third-order valence-corrected chi connectivity index (χ3v) is 2.95. The van der Waals surface area contributed by atoms with Crippen LogP contribution < -0.4 is 10.5 Å². The van der Waals surface area contributed by atoms with Gasteiger partial charge in [-0.2, -0.15) is 0 Å². The fourth-order valence-electron chi connectivity index (χ4n) is 2.04. The van der Waals surface area contributed by atoms with Crippen molar-refractivity contribution in [2.45, 2.75) is 26.3 Å². The summed E-state index contributed by atoms with van der Waals surface area (Å²) in [4.78, 5) is 4.58. The van der Waals surface area contributed by atoms with E-state index in [4.69, 9.17) is 10.5 Å². The molecule has 1 aromatic carbocycles. The van der Waals surface area contributed by atoms with Crippen LogP contribution in [0.25, 0.3) is 10.9 Å². The van der Waals surface area contributed by atoms with Gasteiger partial charge in [0.15, 0.2) is 0 Å². The molecule has 2 rings (SSSR count). The molecule has 2 N–H and O–H groups in total. The first-order valence-electron chi connectivity index (χ1n) is 5.84. The molecule has 0 fully saturated rings. The third-order valence-electron chi connectivity index (χ3n) is 2.95. The summed E-state index contributed by atoms with van der Waals surface area (Å²) in [6.07, 6.45) is 0. The van der Waals surface area contributed by atoms with E-state index in [0.29, 0.717) is 18.3 Å². The van der Waals surface area contributed by atoms with Crippen molar-refractivity contribution in [2.24, 2.45) is 5.73 Å². The number of ether oxygens (including phenoxy) is 1. The van der Waals surface area contributed by atoms with Crippen molar-refractivity contribution < 1.29 is 4.74 Å². The van der Waals surface area contributed by atoms with Crippen LogP contribution in [0.3, 0.4) is 0 Å². The lowest BCUT2D eigenvalue weighted by Gasteiger charge is -2.12. The van der Waals surface area contributed by atoms with Crippen molar-refractivity contribution in [3.63, 3.8) is 0 Å². The number of aromatic nitrogens is 1. The standard InChI is InChI=1S/C14H18N2O/c1-9(2)12-6-4-5-10-7-11(8-15)14(17-3)16-13(10)12/h4-7,9H,8,15H2,1-3H3. The van der Waals surface area contributed by atoms with E-state index in [2.05, 4.69) is 43.1 Å². The average molecular weight is 230 g/mol. The number of para-hydroxylation sites is 1. The minimum atomic E-state index is 0.442. The Morgan fingerprint density at radius 2 is 2.12 bits per heavy atom. The van der Waals surface area contributed by atoms with Crippen LogP contribution in [0, 0.1) is 0 Å². The van der Waals surface area contributed by atoms with Gasteiger partial charge in [-0.1, -0.05) is 32.0 Å². The molecule has 17 heavy (non-hydrogen) atoms. The molecular weight excluding hydrogens is 212 g/mol. The number of nitrogens with two attached hydrogens (primary N) is 1. The molecule has 0 spiro atoms. The Kier molecular flexibility index (Phi) is 3.29. The van der Waals surface area contributed by atoms with Gasteiger partial charge in [-0.25, -0.2) is 4.98 Å². The first kappa shape index (κ1) is 11.9. The summed E-state index contributed by atoms with van der Waals surface area (Å²) in [7, 11) is 1.63. The van der Waals surface area contributed by atoms with Crippen LogP contribution in [0.5, 0.6) is 5.88 Å². The van der Waals surface area contributed by atoms with E-state index in [0.717, 1.165) is 16.5 Å². The van der Waals surface area contributed by atoms with Crippen molar-refractivity contribution in [3.05, 3.63) is 35.4 Å². The van der Waals surface area contributed by atoms with E-state index in [9.17, 15) is 0 Å². The highest BCUT2D eigenvalue weighted by Gasteiger charge is 2.10. The van der Waals surface area contributed by atoms with Crippen LogP contribution in [0.15, 0.2) is 24.3 Å². The van der Waals surface area contributed by atoms with Crippen LogP contribution in [0.1, 0.15) is 30.9 Å². The van der Waals surface area contributed by atoms with Crippen molar-refractivity contribution >= 4 is 10.9 Å². The molecule has 1 heterocycles. The quantitative estimate of drug-likeness (QED) is 0.882. The van der Waals surface area contributed by atoms with Gasteiger partial charge in [0, 0.05) is 17.5 Å². The molecule has 90 valence electrons. The second-order valence-corrected chi connectivity index (χ2v) is 4.43. The van der Waals surface area contributed by atoms with Gasteiger partial charge in [0.1, 0.15) is 0 Å². The highest BCUT2D eigenvalue weighted by atomic mass is 16.5. The van der Waals surface area contributed by atoms with Crippen LogP contribution in [0.4, 0.5) is 0 Å². The lowest BCUT2D eigenvalue weighted by Crippen LogP contribution is -2.03. The molecule has 3 heteroatoms. The summed E-state index contributed by atoms with van der Waals surface area (Å²) in [5, 5.41) is 1.12. The summed E-state index contributed by atoms with van der Waals surface area (Å²) >= 11 is 0. The van der Waals surface area contributed by atoms with Crippen LogP contribution in [-0.2, 0) is 6.54 Å². The van der Waals surface area contributed by atoms with Gasteiger partial charge in [-0.15, -0.1) is 0 Å².